The maximum absolute atomic E-state index is 13.7. The highest BCUT2D eigenvalue weighted by Gasteiger charge is 2.11. The minimum Gasteiger partial charge on any atom is -0.496 e. The molecule has 0 bridgehead atoms. The Kier molecular flexibility index (Phi) is 4.39. The highest BCUT2D eigenvalue weighted by Crippen LogP contribution is 2.25. The number of aryl methyl sites for hydroxylation is 1. The second-order valence-electron chi connectivity index (χ2n) is 4.59. The summed E-state index contributed by atoms with van der Waals surface area (Å²) in [5, 5.41) is 8.70. The van der Waals surface area contributed by atoms with Crippen LogP contribution in [-0.2, 0) is 6.61 Å². The average Bonchev–Trinajstić information content (AvgIpc) is 2.48. The number of rotatable bonds is 4. The van der Waals surface area contributed by atoms with Gasteiger partial charge in [0.25, 0.3) is 0 Å². The van der Waals surface area contributed by atoms with Crippen molar-refractivity contribution >= 4 is 0 Å². The van der Waals surface area contributed by atoms with Crippen LogP contribution in [0.4, 0.5) is 4.39 Å². The molecule has 2 rings (SSSR count). The number of hydrogen-bond acceptors (Lipinski definition) is 4. The van der Waals surface area contributed by atoms with Gasteiger partial charge in [-0.3, -0.25) is 4.98 Å². The van der Waals surface area contributed by atoms with Crippen LogP contribution in [0.3, 0.4) is 0 Å². The normalized spacial score (nSPS) is 10.0. The summed E-state index contributed by atoms with van der Waals surface area (Å²) in [6, 6.07) is 5.97. The first-order chi connectivity index (χ1) is 10.1. The van der Waals surface area contributed by atoms with Crippen LogP contribution >= 0.6 is 0 Å². The molecule has 0 aliphatic heterocycles. The van der Waals surface area contributed by atoms with E-state index in [1.165, 1.54) is 12.1 Å². The lowest BCUT2D eigenvalue weighted by atomic mass is 10.1. The first kappa shape index (κ1) is 14.8. The number of halogens is 1. The van der Waals surface area contributed by atoms with Crippen LogP contribution in [0.5, 0.6) is 11.5 Å². The number of nitrogens with zero attached hydrogens (tertiary/aromatic N) is 2. The van der Waals surface area contributed by atoms with Gasteiger partial charge in [0.2, 0.25) is 0 Å². The van der Waals surface area contributed by atoms with Crippen molar-refractivity contribution in [1.29, 1.82) is 5.26 Å². The lowest BCUT2D eigenvalue weighted by molar-refractivity contribution is 0.284. The number of aromatic nitrogens is 1. The molecule has 108 valence electrons. The number of ether oxygens (including phenoxy) is 2. The lowest BCUT2D eigenvalue weighted by Crippen LogP contribution is -2.05. The predicted octanol–water partition coefficient (Wildman–Crippen LogP) is 3.30. The maximum Gasteiger partial charge on any atom is 0.166 e. The molecule has 0 aliphatic carbocycles. The minimum atomic E-state index is -0.564. The fourth-order valence-electron chi connectivity index (χ4n) is 2.05. The Morgan fingerprint density at radius 2 is 2.10 bits per heavy atom. The van der Waals surface area contributed by atoms with Crippen molar-refractivity contribution in [3.63, 3.8) is 0 Å². The number of benzene rings is 1. The molecule has 0 atom stereocenters. The van der Waals surface area contributed by atoms with Crippen molar-refractivity contribution in [2.75, 3.05) is 7.11 Å². The van der Waals surface area contributed by atoms with Gasteiger partial charge in [-0.15, -0.1) is 0 Å². The summed E-state index contributed by atoms with van der Waals surface area (Å²) in [5.74, 6) is 0.282. The van der Waals surface area contributed by atoms with Gasteiger partial charge in [0.15, 0.2) is 11.6 Å². The van der Waals surface area contributed by atoms with Gasteiger partial charge in [0.1, 0.15) is 12.4 Å². The van der Waals surface area contributed by atoms with E-state index < -0.39 is 5.82 Å². The number of nitriles is 1. The summed E-state index contributed by atoms with van der Waals surface area (Å²) in [6.45, 7) is 3.92. The van der Waals surface area contributed by atoms with Crippen LogP contribution in [-0.4, -0.2) is 12.1 Å². The molecule has 0 spiro atoms. The van der Waals surface area contributed by atoms with E-state index in [0.29, 0.717) is 5.69 Å². The van der Waals surface area contributed by atoms with Gasteiger partial charge >= 0.3 is 0 Å². The van der Waals surface area contributed by atoms with Crippen molar-refractivity contribution in [3.8, 4) is 17.6 Å². The van der Waals surface area contributed by atoms with E-state index in [-0.39, 0.29) is 17.9 Å². The lowest BCUT2D eigenvalue weighted by Gasteiger charge is -2.13. The summed E-state index contributed by atoms with van der Waals surface area (Å²) in [7, 11) is 1.60. The molecule has 0 amide bonds. The molecule has 0 saturated carbocycles. The zero-order valence-electron chi connectivity index (χ0n) is 12.1. The molecular weight excluding hydrogens is 271 g/mol. The Labute approximate surface area is 122 Å². The van der Waals surface area contributed by atoms with Crippen LogP contribution in [0.2, 0.25) is 0 Å². The van der Waals surface area contributed by atoms with Crippen molar-refractivity contribution < 1.29 is 13.9 Å². The number of methoxy groups -OCH3 is 1. The third kappa shape index (κ3) is 3.11. The molecule has 0 N–H and O–H groups in total. The highest BCUT2D eigenvalue weighted by atomic mass is 19.1. The summed E-state index contributed by atoms with van der Waals surface area (Å²) in [4.78, 5) is 4.29. The van der Waals surface area contributed by atoms with Gasteiger partial charge < -0.3 is 9.47 Å². The van der Waals surface area contributed by atoms with Crippen molar-refractivity contribution in [2.24, 2.45) is 0 Å². The van der Waals surface area contributed by atoms with Crippen LogP contribution < -0.4 is 9.47 Å². The smallest absolute Gasteiger partial charge is 0.166 e. The highest BCUT2D eigenvalue weighted by molar-refractivity contribution is 5.41. The molecule has 0 saturated heterocycles. The summed E-state index contributed by atoms with van der Waals surface area (Å²) < 4.78 is 24.5. The van der Waals surface area contributed by atoms with Gasteiger partial charge in [-0.1, -0.05) is 0 Å². The van der Waals surface area contributed by atoms with E-state index in [1.807, 2.05) is 19.9 Å². The number of pyridine rings is 1. The fourth-order valence-corrected chi connectivity index (χ4v) is 2.05. The molecule has 4 nitrogen and oxygen atoms in total. The molecule has 21 heavy (non-hydrogen) atoms. The quantitative estimate of drug-likeness (QED) is 0.865. The molecule has 5 heteroatoms. The van der Waals surface area contributed by atoms with Gasteiger partial charge in [0, 0.05) is 17.3 Å². The summed E-state index contributed by atoms with van der Waals surface area (Å²) in [6.07, 6.45) is 1.69. The molecule has 2 aromatic rings. The Morgan fingerprint density at radius 3 is 2.71 bits per heavy atom. The van der Waals surface area contributed by atoms with Gasteiger partial charge in [-0.2, -0.15) is 5.26 Å². The fraction of sp³-hybridized carbons (Fsp3) is 0.250. The summed E-state index contributed by atoms with van der Waals surface area (Å²) in [5.41, 5.74) is 2.74. The topological polar surface area (TPSA) is 55.1 Å². The van der Waals surface area contributed by atoms with Gasteiger partial charge in [0.05, 0.1) is 24.4 Å². The molecule has 0 unspecified atom stereocenters. The molecule has 1 aromatic carbocycles. The zero-order chi connectivity index (χ0) is 15.4. The Morgan fingerprint density at radius 1 is 1.33 bits per heavy atom. The van der Waals surface area contributed by atoms with E-state index in [1.54, 1.807) is 13.3 Å². The third-order valence-corrected chi connectivity index (χ3v) is 3.18. The van der Waals surface area contributed by atoms with E-state index in [9.17, 15) is 4.39 Å². The van der Waals surface area contributed by atoms with E-state index in [4.69, 9.17) is 14.7 Å². The Hall–Kier alpha value is -2.61. The standard InChI is InChI=1S/C16H15FN2O2/c1-10-8-19-14(11(2)16(10)20-3)9-21-15-5-4-12(7-18)6-13(15)17/h4-6,8H,9H2,1-3H3. The van der Waals surface area contributed by atoms with Crippen LogP contribution in [0.1, 0.15) is 22.4 Å². The maximum atomic E-state index is 13.7. The van der Waals surface area contributed by atoms with Crippen LogP contribution in [0.15, 0.2) is 24.4 Å². The molecule has 0 fully saturated rings. The SMILES string of the molecule is COc1c(C)cnc(COc2ccc(C#N)cc2F)c1C. The first-order valence-electron chi connectivity index (χ1n) is 6.38. The average molecular weight is 286 g/mol. The van der Waals surface area contributed by atoms with Gasteiger partial charge in [-0.25, -0.2) is 4.39 Å². The van der Waals surface area contributed by atoms with Crippen LogP contribution in [0, 0.1) is 31.0 Å². The van der Waals surface area contributed by atoms with Gasteiger partial charge in [-0.05, 0) is 32.0 Å². The monoisotopic (exact) mass is 286 g/mol. The van der Waals surface area contributed by atoms with Crippen LogP contribution in [0.25, 0.3) is 0 Å². The minimum absolute atomic E-state index is 0.0924. The van der Waals surface area contributed by atoms with E-state index in [2.05, 4.69) is 4.98 Å². The largest absolute Gasteiger partial charge is 0.496 e. The second kappa shape index (κ2) is 6.23. The zero-order valence-corrected chi connectivity index (χ0v) is 12.1. The Bertz CT molecular complexity index is 708. The van der Waals surface area contributed by atoms with Crippen molar-refractivity contribution in [2.45, 2.75) is 20.5 Å². The summed E-state index contributed by atoms with van der Waals surface area (Å²) >= 11 is 0. The molecular formula is C16H15FN2O2. The van der Waals surface area contributed by atoms with E-state index in [0.717, 1.165) is 22.9 Å². The van der Waals surface area contributed by atoms with Crippen molar-refractivity contribution in [3.05, 3.63) is 52.6 Å². The molecule has 0 aliphatic rings. The molecule has 1 aromatic heterocycles. The Balaban J connectivity index is 2.19. The second-order valence-corrected chi connectivity index (χ2v) is 4.59. The number of hydrogen-bond donors (Lipinski definition) is 0. The van der Waals surface area contributed by atoms with E-state index >= 15 is 0 Å². The first-order valence-corrected chi connectivity index (χ1v) is 6.38. The molecule has 0 radical (unpaired) electrons. The predicted molar refractivity (Wildman–Crippen MR) is 75.7 cm³/mol. The van der Waals surface area contributed by atoms with Crippen molar-refractivity contribution in [1.82, 2.24) is 4.98 Å². The third-order valence-electron chi connectivity index (χ3n) is 3.18. The molecule has 1 heterocycles.